The molecule has 0 aliphatic rings. The summed E-state index contributed by atoms with van der Waals surface area (Å²) >= 11 is 16.3. The van der Waals surface area contributed by atoms with E-state index in [4.69, 9.17) is 33.9 Å². The van der Waals surface area contributed by atoms with Gasteiger partial charge in [0.25, 0.3) is 5.91 Å². The van der Waals surface area contributed by atoms with Gasteiger partial charge in [-0.25, -0.2) is 4.98 Å². The van der Waals surface area contributed by atoms with Crippen LogP contribution in [0.1, 0.15) is 32.6 Å². The second-order valence-electron chi connectivity index (χ2n) is 10.9. The molecule has 0 unspecified atom stereocenters. The molecule has 0 bridgehead atoms. The minimum atomic E-state index is -0.220. The van der Waals surface area contributed by atoms with E-state index in [9.17, 15) is 4.79 Å². The molecule has 4 aromatic carbocycles. The molecular formula is C37H30BrCl2N5O. The Labute approximate surface area is 285 Å². The number of carbonyl (C=O) groups is 1. The molecule has 0 radical (unpaired) electrons. The second kappa shape index (κ2) is 14.5. The number of pyridine rings is 1. The number of halogens is 3. The minimum Gasteiger partial charge on any atom is -0.360 e. The van der Waals surface area contributed by atoms with Crippen LogP contribution in [0.5, 0.6) is 0 Å². The Bertz CT molecular complexity index is 2100. The second-order valence-corrected chi connectivity index (χ2v) is 12.6. The maximum absolute atomic E-state index is 13.8. The van der Waals surface area contributed by atoms with Crippen molar-refractivity contribution in [2.24, 2.45) is 5.73 Å². The molecule has 230 valence electrons. The van der Waals surface area contributed by atoms with Gasteiger partial charge in [0, 0.05) is 62.7 Å². The van der Waals surface area contributed by atoms with Crippen molar-refractivity contribution in [2.75, 3.05) is 13.1 Å². The SMILES string of the molecule is NCc1ccc(CNC(=O)c2cc(-c3c[nH]c4ccc(Br)cc34)nc3cc(Cl)c(C#CCNCCc4ccc(Cl)cc4)cc23)cc1. The molecule has 0 aliphatic carbocycles. The lowest BCUT2D eigenvalue weighted by Gasteiger charge is -2.12. The van der Waals surface area contributed by atoms with Gasteiger partial charge >= 0.3 is 0 Å². The number of nitrogens with zero attached hydrogens (tertiary/aromatic N) is 1. The number of aromatic amines is 1. The molecule has 2 heterocycles. The number of nitrogens with one attached hydrogen (secondary N) is 3. The largest absolute Gasteiger partial charge is 0.360 e. The number of fused-ring (bicyclic) bond motifs is 2. The molecule has 6 aromatic rings. The number of amides is 1. The lowest BCUT2D eigenvalue weighted by Crippen LogP contribution is -2.23. The molecule has 0 fully saturated rings. The third kappa shape index (κ3) is 7.45. The normalized spacial score (nSPS) is 11.0. The lowest BCUT2D eigenvalue weighted by molar-refractivity contribution is 0.0952. The molecule has 46 heavy (non-hydrogen) atoms. The Morgan fingerprint density at radius 1 is 0.913 bits per heavy atom. The molecule has 0 saturated heterocycles. The summed E-state index contributed by atoms with van der Waals surface area (Å²) in [4.78, 5) is 22.1. The average molecular weight is 711 g/mol. The van der Waals surface area contributed by atoms with Crippen LogP contribution in [0.3, 0.4) is 0 Å². The van der Waals surface area contributed by atoms with Crippen LogP contribution in [0.2, 0.25) is 10.0 Å². The van der Waals surface area contributed by atoms with E-state index < -0.39 is 0 Å². The van der Waals surface area contributed by atoms with E-state index in [0.29, 0.717) is 52.4 Å². The van der Waals surface area contributed by atoms with Crippen LogP contribution in [-0.2, 0) is 19.5 Å². The van der Waals surface area contributed by atoms with Crippen molar-refractivity contribution in [3.8, 4) is 23.1 Å². The molecule has 2 aromatic heterocycles. The first-order chi connectivity index (χ1) is 22.4. The van der Waals surface area contributed by atoms with E-state index in [-0.39, 0.29) is 5.91 Å². The maximum atomic E-state index is 13.8. The van der Waals surface area contributed by atoms with Gasteiger partial charge in [-0.15, -0.1) is 0 Å². The fourth-order valence-electron chi connectivity index (χ4n) is 5.22. The maximum Gasteiger partial charge on any atom is 0.252 e. The standard InChI is InChI=1S/C37H30BrCl2N5O/c38-27-9-12-34-30(17-27)32(22-43-34)35-18-31(37(46)44-21-25-5-3-24(20-41)4-6-25)29-16-26(33(40)19-36(29)45-35)2-1-14-42-15-13-23-7-10-28(39)11-8-23/h3-12,16-19,22,42-43H,13-15,20-21,41H2,(H,44,46). The van der Waals surface area contributed by atoms with Crippen molar-refractivity contribution < 1.29 is 4.79 Å². The van der Waals surface area contributed by atoms with Crippen LogP contribution in [0.25, 0.3) is 33.1 Å². The summed E-state index contributed by atoms with van der Waals surface area (Å²) in [5.41, 5.74) is 13.2. The Morgan fingerprint density at radius 2 is 1.67 bits per heavy atom. The summed E-state index contributed by atoms with van der Waals surface area (Å²) in [7, 11) is 0. The Balaban J connectivity index is 1.29. The molecule has 0 spiro atoms. The molecule has 6 rings (SSSR count). The molecule has 0 aliphatic heterocycles. The fourth-order valence-corrected chi connectivity index (χ4v) is 5.91. The van der Waals surface area contributed by atoms with Crippen LogP contribution in [0, 0.1) is 11.8 Å². The highest BCUT2D eigenvalue weighted by atomic mass is 79.9. The van der Waals surface area contributed by atoms with Crippen molar-refractivity contribution in [2.45, 2.75) is 19.5 Å². The fraction of sp³-hybridized carbons (Fsp3) is 0.135. The van der Waals surface area contributed by atoms with Gasteiger partial charge in [0.05, 0.1) is 28.3 Å². The monoisotopic (exact) mass is 709 g/mol. The molecule has 9 heteroatoms. The average Bonchev–Trinajstić information content (AvgIpc) is 3.49. The molecular weight excluding hydrogens is 681 g/mol. The predicted octanol–water partition coefficient (Wildman–Crippen LogP) is 8.02. The quantitative estimate of drug-likeness (QED) is 0.0903. The first kappa shape index (κ1) is 31.8. The van der Waals surface area contributed by atoms with Gasteiger partial charge in [0.15, 0.2) is 0 Å². The zero-order valence-electron chi connectivity index (χ0n) is 24.8. The first-order valence-electron chi connectivity index (χ1n) is 14.8. The van der Waals surface area contributed by atoms with Crippen molar-refractivity contribution in [3.05, 3.63) is 133 Å². The number of rotatable bonds is 9. The zero-order valence-corrected chi connectivity index (χ0v) is 27.9. The topological polar surface area (TPSA) is 95.8 Å². The predicted molar refractivity (Wildman–Crippen MR) is 192 cm³/mol. The van der Waals surface area contributed by atoms with E-state index in [1.165, 1.54) is 5.56 Å². The van der Waals surface area contributed by atoms with Crippen molar-refractivity contribution in [3.63, 3.8) is 0 Å². The van der Waals surface area contributed by atoms with E-state index in [2.05, 4.69) is 43.4 Å². The van der Waals surface area contributed by atoms with Crippen LogP contribution in [0.4, 0.5) is 0 Å². The minimum absolute atomic E-state index is 0.220. The smallest absolute Gasteiger partial charge is 0.252 e. The summed E-state index contributed by atoms with van der Waals surface area (Å²) in [5, 5.41) is 9.29. The Kier molecular flexibility index (Phi) is 10.0. The molecule has 5 N–H and O–H groups in total. The number of hydrogen-bond donors (Lipinski definition) is 4. The van der Waals surface area contributed by atoms with Crippen molar-refractivity contribution in [1.82, 2.24) is 20.6 Å². The highest BCUT2D eigenvalue weighted by molar-refractivity contribution is 9.10. The molecule has 1 amide bonds. The van der Waals surface area contributed by atoms with Gasteiger partial charge in [-0.3, -0.25) is 4.79 Å². The third-order valence-corrected chi connectivity index (χ3v) is 8.77. The highest BCUT2D eigenvalue weighted by Crippen LogP contribution is 2.33. The molecule has 6 nitrogen and oxygen atoms in total. The van der Waals surface area contributed by atoms with Crippen molar-refractivity contribution >= 4 is 66.8 Å². The van der Waals surface area contributed by atoms with Gasteiger partial charge in [0.1, 0.15) is 0 Å². The van der Waals surface area contributed by atoms with E-state index >= 15 is 0 Å². The summed E-state index contributed by atoms with van der Waals surface area (Å²) < 4.78 is 0.950. The Hall–Kier alpha value is -4.16. The van der Waals surface area contributed by atoms with Gasteiger partial charge < -0.3 is 21.4 Å². The Morgan fingerprint density at radius 3 is 2.46 bits per heavy atom. The van der Waals surface area contributed by atoms with Gasteiger partial charge in [-0.05, 0) is 71.6 Å². The highest BCUT2D eigenvalue weighted by Gasteiger charge is 2.18. The van der Waals surface area contributed by atoms with Gasteiger partial charge in [-0.2, -0.15) is 0 Å². The molecule has 0 atom stereocenters. The van der Waals surface area contributed by atoms with Gasteiger partial charge in [-0.1, -0.05) is 87.4 Å². The summed E-state index contributed by atoms with van der Waals surface area (Å²) in [5.74, 6) is 6.12. The number of carbonyl (C=O) groups excluding carboxylic acids is 1. The number of nitrogens with two attached hydrogens (primary N) is 1. The van der Waals surface area contributed by atoms with E-state index in [0.717, 1.165) is 50.1 Å². The number of benzene rings is 4. The van der Waals surface area contributed by atoms with Crippen LogP contribution >= 0.6 is 39.1 Å². The summed E-state index contributed by atoms with van der Waals surface area (Å²) in [6.45, 7) is 2.10. The van der Waals surface area contributed by atoms with Crippen molar-refractivity contribution in [1.29, 1.82) is 0 Å². The lowest BCUT2D eigenvalue weighted by atomic mass is 10.0. The van der Waals surface area contributed by atoms with E-state index in [1.54, 1.807) is 6.07 Å². The van der Waals surface area contributed by atoms with Crippen LogP contribution < -0.4 is 16.4 Å². The van der Waals surface area contributed by atoms with E-state index in [1.807, 2.05) is 85.1 Å². The summed E-state index contributed by atoms with van der Waals surface area (Å²) in [6, 6.07) is 27.2. The summed E-state index contributed by atoms with van der Waals surface area (Å²) in [6.07, 6.45) is 2.78. The third-order valence-electron chi connectivity index (χ3n) is 7.71. The van der Waals surface area contributed by atoms with Crippen LogP contribution in [-0.4, -0.2) is 29.0 Å². The zero-order chi connectivity index (χ0) is 32.0. The molecule has 0 saturated carbocycles. The first-order valence-corrected chi connectivity index (χ1v) is 16.3. The van der Waals surface area contributed by atoms with Gasteiger partial charge in [0.2, 0.25) is 0 Å². The number of hydrogen-bond acceptors (Lipinski definition) is 4. The number of H-pyrrole nitrogens is 1. The van der Waals surface area contributed by atoms with Crippen LogP contribution in [0.15, 0.2) is 95.6 Å². The number of aromatic nitrogens is 2.